The van der Waals surface area contributed by atoms with Crippen LogP contribution in [-0.2, 0) is 9.59 Å². The SMILES string of the molecule is CCCCCCCC1(C)NC(=O)N(CC(=O)NC(C)C2CC3CCC2C3)C1=O. The third-order valence-electron chi connectivity index (χ3n) is 7.25. The number of imide groups is 1. The Kier molecular flexibility index (Phi) is 6.66. The predicted octanol–water partition coefficient (Wildman–Crippen LogP) is 3.60. The van der Waals surface area contributed by atoms with Crippen molar-refractivity contribution in [3.8, 4) is 0 Å². The number of unbranched alkanes of at least 4 members (excludes halogenated alkanes) is 4. The van der Waals surface area contributed by atoms with Crippen LogP contribution in [0.5, 0.6) is 0 Å². The summed E-state index contributed by atoms with van der Waals surface area (Å²) in [5.41, 5.74) is -0.875. The Balaban J connectivity index is 1.47. The molecule has 1 aliphatic heterocycles. The second kappa shape index (κ2) is 8.83. The summed E-state index contributed by atoms with van der Waals surface area (Å²) in [7, 11) is 0. The number of hydrogen-bond acceptors (Lipinski definition) is 3. The molecule has 5 atom stereocenters. The van der Waals surface area contributed by atoms with Gasteiger partial charge in [0, 0.05) is 6.04 Å². The van der Waals surface area contributed by atoms with Crippen LogP contribution < -0.4 is 10.6 Å². The molecular formula is C22H37N3O3. The maximum Gasteiger partial charge on any atom is 0.325 e. The molecule has 6 nitrogen and oxygen atoms in total. The van der Waals surface area contributed by atoms with Crippen molar-refractivity contribution in [2.24, 2.45) is 17.8 Å². The molecule has 2 aliphatic carbocycles. The first-order chi connectivity index (χ1) is 13.3. The second-order valence-corrected chi connectivity index (χ2v) is 9.51. The van der Waals surface area contributed by atoms with Crippen molar-refractivity contribution >= 4 is 17.8 Å². The average molecular weight is 392 g/mol. The topological polar surface area (TPSA) is 78.5 Å². The van der Waals surface area contributed by atoms with Crippen LogP contribution in [0.4, 0.5) is 4.79 Å². The van der Waals surface area contributed by atoms with Crippen molar-refractivity contribution in [2.45, 2.75) is 96.6 Å². The minimum absolute atomic E-state index is 0.105. The van der Waals surface area contributed by atoms with Crippen molar-refractivity contribution in [3.63, 3.8) is 0 Å². The van der Waals surface area contributed by atoms with E-state index in [0.717, 1.165) is 36.0 Å². The second-order valence-electron chi connectivity index (χ2n) is 9.51. The zero-order chi connectivity index (χ0) is 20.3. The maximum absolute atomic E-state index is 12.8. The molecule has 158 valence electrons. The highest BCUT2D eigenvalue weighted by molar-refractivity contribution is 6.08. The molecule has 0 aromatic heterocycles. The van der Waals surface area contributed by atoms with E-state index in [1.54, 1.807) is 6.92 Å². The average Bonchev–Trinajstić information content (AvgIpc) is 3.33. The summed E-state index contributed by atoms with van der Waals surface area (Å²) in [6.07, 6.45) is 11.2. The monoisotopic (exact) mass is 391 g/mol. The molecule has 5 unspecified atom stereocenters. The smallest absolute Gasteiger partial charge is 0.325 e. The molecule has 3 rings (SSSR count). The van der Waals surface area contributed by atoms with Gasteiger partial charge in [-0.3, -0.25) is 14.5 Å². The van der Waals surface area contributed by atoms with Gasteiger partial charge in [-0.05, 0) is 57.3 Å². The molecule has 28 heavy (non-hydrogen) atoms. The lowest BCUT2D eigenvalue weighted by Crippen LogP contribution is -2.47. The van der Waals surface area contributed by atoms with Crippen molar-refractivity contribution in [1.82, 2.24) is 15.5 Å². The number of rotatable bonds is 10. The van der Waals surface area contributed by atoms with Crippen LogP contribution in [-0.4, -0.2) is 40.9 Å². The summed E-state index contributed by atoms with van der Waals surface area (Å²) in [5.74, 6) is 1.60. The van der Waals surface area contributed by atoms with Gasteiger partial charge in [-0.15, -0.1) is 0 Å². The van der Waals surface area contributed by atoms with Crippen LogP contribution in [0.2, 0.25) is 0 Å². The summed E-state index contributed by atoms with van der Waals surface area (Å²) in [5, 5.41) is 5.87. The van der Waals surface area contributed by atoms with Gasteiger partial charge in [0.1, 0.15) is 12.1 Å². The summed E-state index contributed by atoms with van der Waals surface area (Å²) >= 11 is 0. The Morgan fingerprint density at radius 3 is 2.61 bits per heavy atom. The highest BCUT2D eigenvalue weighted by Gasteiger charge is 2.48. The van der Waals surface area contributed by atoms with Crippen LogP contribution in [0.15, 0.2) is 0 Å². The Labute approximate surface area is 169 Å². The minimum Gasteiger partial charge on any atom is -0.352 e. The molecule has 0 aromatic carbocycles. The Morgan fingerprint density at radius 2 is 1.96 bits per heavy atom. The molecule has 1 heterocycles. The van der Waals surface area contributed by atoms with Gasteiger partial charge in [0.2, 0.25) is 5.91 Å². The lowest BCUT2D eigenvalue weighted by molar-refractivity contribution is -0.135. The fourth-order valence-electron chi connectivity index (χ4n) is 5.60. The molecule has 2 saturated carbocycles. The van der Waals surface area contributed by atoms with E-state index < -0.39 is 11.6 Å². The van der Waals surface area contributed by atoms with Crippen LogP contribution in [0.1, 0.15) is 85.0 Å². The molecular weight excluding hydrogens is 354 g/mol. The molecule has 3 fully saturated rings. The van der Waals surface area contributed by atoms with Gasteiger partial charge in [-0.2, -0.15) is 0 Å². The lowest BCUT2D eigenvalue weighted by Gasteiger charge is -2.29. The first-order valence-electron chi connectivity index (χ1n) is 11.3. The van der Waals surface area contributed by atoms with E-state index in [1.165, 1.54) is 38.5 Å². The summed E-state index contributed by atoms with van der Waals surface area (Å²) in [6, 6.07) is -0.336. The van der Waals surface area contributed by atoms with Gasteiger partial charge in [-0.25, -0.2) is 4.79 Å². The van der Waals surface area contributed by atoms with Crippen molar-refractivity contribution in [3.05, 3.63) is 0 Å². The molecule has 4 amide bonds. The first-order valence-corrected chi connectivity index (χ1v) is 11.3. The van der Waals surface area contributed by atoms with E-state index in [0.29, 0.717) is 12.3 Å². The Hall–Kier alpha value is -1.59. The fraction of sp³-hybridized carbons (Fsp3) is 0.864. The molecule has 6 heteroatoms. The van der Waals surface area contributed by atoms with Gasteiger partial charge in [0.25, 0.3) is 5.91 Å². The third-order valence-corrected chi connectivity index (χ3v) is 7.25. The Bertz CT molecular complexity index is 608. The summed E-state index contributed by atoms with van der Waals surface area (Å²) < 4.78 is 0. The normalized spacial score (nSPS) is 32.7. The van der Waals surface area contributed by atoms with Gasteiger partial charge in [0.15, 0.2) is 0 Å². The highest BCUT2D eigenvalue weighted by atomic mass is 16.2. The van der Waals surface area contributed by atoms with E-state index in [1.807, 2.05) is 0 Å². The van der Waals surface area contributed by atoms with Crippen LogP contribution in [0.3, 0.4) is 0 Å². The zero-order valence-electron chi connectivity index (χ0n) is 17.8. The van der Waals surface area contributed by atoms with Gasteiger partial charge in [-0.1, -0.05) is 45.4 Å². The zero-order valence-corrected chi connectivity index (χ0v) is 17.8. The van der Waals surface area contributed by atoms with Crippen LogP contribution >= 0.6 is 0 Å². The quantitative estimate of drug-likeness (QED) is 0.441. The Morgan fingerprint density at radius 1 is 1.21 bits per heavy atom. The van der Waals surface area contributed by atoms with E-state index in [4.69, 9.17) is 0 Å². The maximum atomic E-state index is 12.8. The van der Waals surface area contributed by atoms with E-state index in [9.17, 15) is 14.4 Å². The molecule has 1 saturated heterocycles. The van der Waals surface area contributed by atoms with Crippen LogP contribution in [0.25, 0.3) is 0 Å². The standard InChI is InChI=1S/C22H37N3O3/c1-4-5-6-7-8-11-22(3)20(27)25(21(28)24-22)14-19(26)23-15(2)18-13-16-9-10-17(18)12-16/h15-18H,4-14H2,1-3H3,(H,23,26)(H,24,28). The number of urea groups is 1. The molecule has 3 aliphatic rings. The molecule has 2 bridgehead atoms. The third kappa shape index (κ3) is 4.52. The van der Waals surface area contributed by atoms with Gasteiger partial charge in [0.05, 0.1) is 0 Å². The summed E-state index contributed by atoms with van der Waals surface area (Å²) in [4.78, 5) is 38.7. The minimum atomic E-state index is -0.875. The van der Waals surface area contributed by atoms with Gasteiger partial charge < -0.3 is 10.6 Å². The van der Waals surface area contributed by atoms with Crippen LogP contribution in [0, 0.1) is 17.8 Å². The van der Waals surface area contributed by atoms with E-state index >= 15 is 0 Å². The number of carbonyl (C=O) groups is 3. The molecule has 0 aromatic rings. The van der Waals surface area contributed by atoms with Gasteiger partial charge >= 0.3 is 6.03 Å². The summed E-state index contributed by atoms with van der Waals surface area (Å²) in [6.45, 7) is 5.84. The predicted molar refractivity (Wildman–Crippen MR) is 109 cm³/mol. The highest BCUT2D eigenvalue weighted by Crippen LogP contribution is 2.49. The fourth-order valence-corrected chi connectivity index (χ4v) is 5.60. The lowest BCUT2D eigenvalue weighted by atomic mass is 9.84. The van der Waals surface area contributed by atoms with Crippen molar-refractivity contribution < 1.29 is 14.4 Å². The molecule has 2 N–H and O–H groups in total. The number of hydrogen-bond donors (Lipinski definition) is 2. The molecule has 0 radical (unpaired) electrons. The number of amides is 4. The molecule has 0 spiro atoms. The van der Waals surface area contributed by atoms with E-state index in [-0.39, 0.29) is 24.4 Å². The number of nitrogens with zero attached hydrogens (tertiary/aromatic N) is 1. The number of carbonyl (C=O) groups excluding carboxylic acids is 3. The number of nitrogens with one attached hydrogen (secondary N) is 2. The number of fused-ring (bicyclic) bond motifs is 2. The van der Waals surface area contributed by atoms with Crippen molar-refractivity contribution in [1.29, 1.82) is 0 Å². The van der Waals surface area contributed by atoms with Crippen molar-refractivity contribution in [2.75, 3.05) is 6.54 Å². The first kappa shape index (κ1) is 21.1. The van der Waals surface area contributed by atoms with E-state index in [2.05, 4.69) is 24.5 Å². The largest absolute Gasteiger partial charge is 0.352 e.